The number of hydrogen-bond donors (Lipinski definition) is 2. The molecule has 5 heteroatoms. The van der Waals surface area contributed by atoms with E-state index in [1.165, 1.54) is 0 Å². The van der Waals surface area contributed by atoms with Crippen LogP contribution in [0.4, 0.5) is 0 Å². The molecule has 3 atom stereocenters. The molecule has 108 valence electrons. The third kappa shape index (κ3) is 5.87. The fraction of sp³-hybridized carbons (Fsp3) is 0.714. The Morgan fingerprint density at radius 2 is 2.05 bits per heavy atom. The van der Waals surface area contributed by atoms with Crippen molar-refractivity contribution >= 4 is 5.91 Å². The van der Waals surface area contributed by atoms with E-state index >= 15 is 0 Å². The Morgan fingerprint density at radius 1 is 1.32 bits per heavy atom. The summed E-state index contributed by atoms with van der Waals surface area (Å²) in [6.45, 7) is 8.88. The molecule has 0 aliphatic carbocycles. The van der Waals surface area contributed by atoms with Gasteiger partial charge < -0.3 is 10.6 Å². The van der Waals surface area contributed by atoms with E-state index in [-0.39, 0.29) is 24.0 Å². The lowest BCUT2D eigenvalue weighted by Crippen LogP contribution is -2.49. The van der Waals surface area contributed by atoms with Crippen LogP contribution in [0.15, 0.2) is 18.5 Å². The van der Waals surface area contributed by atoms with Crippen LogP contribution in [0.2, 0.25) is 0 Å². The van der Waals surface area contributed by atoms with Crippen molar-refractivity contribution in [3.05, 3.63) is 18.5 Å². The van der Waals surface area contributed by atoms with E-state index in [2.05, 4.69) is 29.6 Å². The monoisotopic (exact) mass is 266 g/mol. The number of rotatable bonds is 8. The van der Waals surface area contributed by atoms with Crippen LogP contribution in [0, 0.1) is 0 Å². The smallest absolute Gasteiger partial charge is 0.237 e. The molecule has 0 spiro atoms. The van der Waals surface area contributed by atoms with E-state index in [0.717, 1.165) is 19.4 Å². The van der Waals surface area contributed by atoms with Crippen LogP contribution in [-0.2, 0) is 11.3 Å². The number of carbonyl (C=O) groups is 1. The first-order valence-electron chi connectivity index (χ1n) is 7.06. The van der Waals surface area contributed by atoms with E-state index < -0.39 is 0 Å². The zero-order chi connectivity index (χ0) is 14.3. The van der Waals surface area contributed by atoms with Crippen LogP contribution in [0.1, 0.15) is 40.5 Å². The van der Waals surface area contributed by atoms with Crippen molar-refractivity contribution < 1.29 is 4.79 Å². The first-order valence-corrected chi connectivity index (χ1v) is 7.06. The maximum atomic E-state index is 12.0. The predicted octanol–water partition coefficient (Wildman–Crippen LogP) is 1.55. The highest BCUT2D eigenvalue weighted by Crippen LogP contribution is 1.97. The lowest BCUT2D eigenvalue weighted by molar-refractivity contribution is -0.123. The Balaban J connectivity index is 2.32. The summed E-state index contributed by atoms with van der Waals surface area (Å²) in [4.78, 5) is 12.0. The molecular weight excluding hydrogens is 240 g/mol. The molecule has 0 fully saturated rings. The molecular formula is C14H26N4O. The first-order chi connectivity index (χ1) is 9.02. The average molecular weight is 266 g/mol. The molecule has 0 radical (unpaired) electrons. The molecule has 3 unspecified atom stereocenters. The van der Waals surface area contributed by atoms with Crippen molar-refractivity contribution in [2.75, 3.05) is 0 Å². The molecule has 5 nitrogen and oxygen atoms in total. The van der Waals surface area contributed by atoms with E-state index in [1.807, 2.05) is 30.8 Å². The molecule has 1 rings (SSSR count). The Morgan fingerprint density at radius 3 is 2.63 bits per heavy atom. The van der Waals surface area contributed by atoms with Crippen molar-refractivity contribution in [1.82, 2.24) is 20.4 Å². The lowest BCUT2D eigenvalue weighted by atomic mass is 10.2. The Labute approximate surface area is 115 Å². The van der Waals surface area contributed by atoms with Crippen molar-refractivity contribution in [1.29, 1.82) is 0 Å². The summed E-state index contributed by atoms with van der Waals surface area (Å²) < 4.78 is 1.86. The summed E-state index contributed by atoms with van der Waals surface area (Å²) in [5.74, 6) is 0.0632. The average Bonchev–Trinajstić information content (AvgIpc) is 2.81. The number of amides is 1. The number of nitrogens with one attached hydrogen (secondary N) is 2. The Hall–Kier alpha value is -1.36. The third-order valence-corrected chi connectivity index (χ3v) is 3.06. The molecule has 19 heavy (non-hydrogen) atoms. The van der Waals surface area contributed by atoms with Gasteiger partial charge in [-0.15, -0.1) is 0 Å². The number of aromatic nitrogens is 2. The van der Waals surface area contributed by atoms with Gasteiger partial charge in [-0.25, -0.2) is 0 Å². The topological polar surface area (TPSA) is 59.0 Å². The third-order valence-electron chi connectivity index (χ3n) is 3.06. The minimum absolute atomic E-state index is 0.0632. The van der Waals surface area contributed by atoms with Gasteiger partial charge in [0, 0.05) is 24.5 Å². The van der Waals surface area contributed by atoms with Crippen LogP contribution in [0.3, 0.4) is 0 Å². The molecule has 2 N–H and O–H groups in total. The van der Waals surface area contributed by atoms with Gasteiger partial charge in [0.1, 0.15) is 0 Å². The molecule has 1 aromatic rings. The largest absolute Gasteiger partial charge is 0.352 e. The SMILES string of the molecule is CCCC(C)NC(=O)C(C)NC(C)Cn1cccn1. The normalized spacial score (nSPS) is 15.8. The molecule has 1 aromatic heterocycles. The standard InChI is InChI=1S/C14H26N4O/c1-5-7-11(2)17-14(19)13(4)16-12(3)10-18-9-6-8-15-18/h6,8-9,11-13,16H,5,7,10H2,1-4H3,(H,17,19). The predicted molar refractivity (Wildman–Crippen MR) is 76.8 cm³/mol. The van der Waals surface area contributed by atoms with E-state index in [1.54, 1.807) is 6.20 Å². The van der Waals surface area contributed by atoms with Gasteiger partial charge in [0.25, 0.3) is 0 Å². The zero-order valence-electron chi connectivity index (χ0n) is 12.4. The maximum absolute atomic E-state index is 12.0. The second kappa shape index (κ2) is 7.94. The van der Waals surface area contributed by atoms with Gasteiger partial charge in [-0.1, -0.05) is 13.3 Å². The van der Waals surface area contributed by atoms with Crippen molar-refractivity contribution in [2.45, 2.75) is 65.2 Å². The number of nitrogens with zero attached hydrogens (tertiary/aromatic N) is 2. The van der Waals surface area contributed by atoms with Crippen LogP contribution < -0.4 is 10.6 Å². The second-order valence-corrected chi connectivity index (χ2v) is 5.22. The molecule has 0 aliphatic rings. The highest BCUT2D eigenvalue weighted by atomic mass is 16.2. The van der Waals surface area contributed by atoms with Gasteiger partial charge in [0.15, 0.2) is 0 Å². The Bertz CT molecular complexity index is 364. The second-order valence-electron chi connectivity index (χ2n) is 5.22. The molecule has 1 amide bonds. The summed E-state index contributed by atoms with van der Waals surface area (Å²) >= 11 is 0. The van der Waals surface area contributed by atoms with Crippen LogP contribution in [0.5, 0.6) is 0 Å². The molecule has 0 bridgehead atoms. The maximum Gasteiger partial charge on any atom is 0.237 e. The van der Waals surface area contributed by atoms with Gasteiger partial charge >= 0.3 is 0 Å². The summed E-state index contributed by atoms with van der Waals surface area (Å²) in [7, 11) is 0. The number of hydrogen-bond acceptors (Lipinski definition) is 3. The molecule has 0 saturated carbocycles. The van der Waals surface area contributed by atoms with Crippen LogP contribution in [0.25, 0.3) is 0 Å². The summed E-state index contributed by atoms with van der Waals surface area (Å²) in [5.41, 5.74) is 0. The van der Waals surface area contributed by atoms with Crippen molar-refractivity contribution in [2.24, 2.45) is 0 Å². The van der Waals surface area contributed by atoms with Crippen LogP contribution >= 0.6 is 0 Å². The van der Waals surface area contributed by atoms with Crippen molar-refractivity contribution in [3.8, 4) is 0 Å². The summed E-state index contributed by atoms with van der Waals surface area (Å²) in [5, 5.41) is 10.5. The van der Waals surface area contributed by atoms with Gasteiger partial charge in [-0.05, 0) is 33.3 Å². The van der Waals surface area contributed by atoms with Gasteiger partial charge in [0.05, 0.1) is 12.6 Å². The molecule has 0 aromatic carbocycles. The van der Waals surface area contributed by atoms with Gasteiger partial charge in [-0.2, -0.15) is 5.10 Å². The summed E-state index contributed by atoms with van der Waals surface area (Å²) in [6.07, 6.45) is 5.78. The fourth-order valence-electron chi connectivity index (χ4n) is 2.12. The molecule has 1 heterocycles. The zero-order valence-corrected chi connectivity index (χ0v) is 12.4. The first kappa shape index (κ1) is 15.7. The number of carbonyl (C=O) groups excluding carboxylic acids is 1. The van der Waals surface area contributed by atoms with Crippen LogP contribution in [-0.4, -0.2) is 33.8 Å². The van der Waals surface area contributed by atoms with E-state index in [4.69, 9.17) is 0 Å². The van der Waals surface area contributed by atoms with Crippen molar-refractivity contribution in [3.63, 3.8) is 0 Å². The molecule has 0 aliphatic heterocycles. The quantitative estimate of drug-likeness (QED) is 0.750. The van der Waals surface area contributed by atoms with E-state index in [0.29, 0.717) is 0 Å². The van der Waals surface area contributed by atoms with Gasteiger partial charge in [-0.3, -0.25) is 9.48 Å². The Kier molecular flexibility index (Phi) is 6.56. The lowest BCUT2D eigenvalue weighted by Gasteiger charge is -2.21. The summed E-state index contributed by atoms with van der Waals surface area (Å²) in [6, 6.07) is 2.14. The fourth-order valence-corrected chi connectivity index (χ4v) is 2.12. The minimum atomic E-state index is -0.190. The molecule has 0 saturated heterocycles. The highest BCUT2D eigenvalue weighted by Gasteiger charge is 2.16. The highest BCUT2D eigenvalue weighted by molar-refractivity contribution is 5.81. The van der Waals surface area contributed by atoms with Gasteiger partial charge in [0.2, 0.25) is 5.91 Å². The minimum Gasteiger partial charge on any atom is -0.352 e. The van der Waals surface area contributed by atoms with E-state index in [9.17, 15) is 4.79 Å².